The molecule has 0 fully saturated rings. The second-order valence-electron chi connectivity index (χ2n) is 4.60. The Hall–Kier alpha value is -1.81. The summed E-state index contributed by atoms with van der Waals surface area (Å²) in [6.07, 6.45) is 0. The van der Waals surface area contributed by atoms with Gasteiger partial charge in [0.05, 0.1) is 5.69 Å². The summed E-state index contributed by atoms with van der Waals surface area (Å²) < 4.78 is 26.6. The second-order valence-corrected chi connectivity index (χ2v) is 5.61. The highest BCUT2D eigenvalue weighted by molar-refractivity contribution is 7.98. The Morgan fingerprint density at radius 3 is 2.68 bits per heavy atom. The van der Waals surface area contributed by atoms with Gasteiger partial charge in [-0.1, -0.05) is 0 Å². The fourth-order valence-electron chi connectivity index (χ4n) is 2.57. The van der Waals surface area contributed by atoms with Crippen LogP contribution in [0.5, 0.6) is 0 Å². The smallest absolute Gasteiger partial charge is 0.124 e. The lowest BCUT2D eigenvalue weighted by Gasteiger charge is -2.15. The van der Waals surface area contributed by atoms with Crippen LogP contribution in [0.2, 0.25) is 0 Å². The lowest BCUT2D eigenvalue weighted by molar-refractivity contribution is 0.624. The summed E-state index contributed by atoms with van der Waals surface area (Å²) in [6, 6.07) is 9.54. The van der Waals surface area contributed by atoms with E-state index < -0.39 is 0 Å². The largest absolute Gasteiger partial charge is 0.354 e. The quantitative estimate of drug-likeness (QED) is 0.626. The highest BCUT2D eigenvalue weighted by Crippen LogP contribution is 2.44. The minimum absolute atomic E-state index is 0.225. The van der Waals surface area contributed by atoms with Crippen molar-refractivity contribution in [2.24, 2.45) is 0 Å². The van der Waals surface area contributed by atoms with Gasteiger partial charge in [-0.05, 0) is 42.0 Å². The number of hydrogen-bond donors (Lipinski definition) is 1. The fourth-order valence-corrected chi connectivity index (χ4v) is 3.69. The van der Waals surface area contributed by atoms with Crippen LogP contribution < -0.4 is 0 Å². The summed E-state index contributed by atoms with van der Waals surface area (Å²) in [6.45, 7) is 0. The Morgan fingerprint density at radius 2 is 1.79 bits per heavy atom. The van der Waals surface area contributed by atoms with Gasteiger partial charge in [0.25, 0.3) is 0 Å². The van der Waals surface area contributed by atoms with Gasteiger partial charge < -0.3 is 4.98 Å². The first-order valence-corrected chi connectivity index (χ1v) is 6.94. The third-order valence-electron chi connectivity index (χ3n) is 3.45. The monoisotopic (exact) mass is 273 g/mol. The number of hydrogen-bond acceptors (Lipinski definition) is 1. The van der Waals surface area contributed by atoms with Gasteiger partial charge >= 0.3 is 0 Å². The van der Waals surface area contributed by atoms with Gasteiger partial charge in [0, 0.05) is 27.1 Å². The molecule has 1 nitrogen and oxygen atoms in total. The van der Waals surface area contributed by atoms with Crippen molar-refractivity contribution >= 4 is 22.7 Å². The molecule has 2 heterocycles. The summed E-state index contributed by atoms with van der Waals surface area (Å²) in [7, 11) is 0. The van der Waals surface area contributed by atoms with Crippen molar-refractivity contribution in [3.05, 3.63) is 53.6 Å². The van der Waals surface area contributed by atoms with E-state index in [1.54, 1.807) is 36.0 Å². The minimum atomic E-state index is -0.232. The molecule has 1 aromatic heterocycles. The topological polar surface area (TPSA) is 15.8 Å². The van der Waals surface area contributed by atoms with Crippen LogP contribution in [0.25, 0.3) is 22.2 Å². The fraction of sp³-hybridized carbons (Fsp3) is 0.0667. The molecule has 0 saturated carbocycles. The van der Waals surface area contributed by atoms with Gasteiger partial charge in [-0.15, -0.1) is 11.8 Å². The van der Waals surface area contributed by atoms with Crippen molar-refractivity contribution in [3.8, 4) is 11.3 Å². The maximum Gasteiger partial charge on any atom is 0.124 e. The maximum atomic E-state index is 13.4. The van der Waals surface area contributed by atoms with E-state index in [0.717, 1.165) is 38.4 Å². The number of aromatic nitrogens is 1. The number of nitrogens with one attached hydrogen (secondary N) is 1. The summed E-state index contributed by atoms with van der Waals surface area (Å²) >= 11 is 1.59. The van der Waals surface area contributed by atoms with Crippen LogP contribution in [-0.4, -0.2) is 4.98 Å². The van der Waals surface area contributed by atoms with Crippen LogP contribution in [-0.2, 0) is 5.75 Å². The molecule has 3 aromatic rings. The Bertz CT molecular complexity index is 807. The second kappa shape index (κ2) is 3.84. The van der Waals surface area contributed by atoms with E-state index in [-0.39, 0.29) is 11.6 Å². The molecule has 0 aliphatic carbocycles. The Balaban J connectivity index is 2.04. The number of rotatable bonds is 0. The molecule has 0 radical (unpaired) electrons. The van der Waals surface area contributed by atoms with Crippen molar-refractivity contribution in [3.63, 3.8) is 0 Å². The molecule has 0 amide bonds. The molecule has 1 aliphatic rings. The molecule has 2 aromatic carbocycles. The number of fused-ring (bicyclic) bond motifs is 5. The molecule has 19 heavy (non-hydrogen) atoms. The van der Waals surface area contributed by atoms with E-state index >= 15 is 0 Å². The molecule has 1 N–H and O–H groups in total. The average molecular weight is 273 g/mol. The number of aromatic amines is 1. The van der Waals surface area contributed by atoms with Gasteiger partial charge in [0.1, 0.15) is 11.6 Å². The first kappa shape index (κ1) is 11.1. The number of benzene rings is 2. The Labute approximate surface area is 112 Å². The van der Waals surface area contributed by atoms with Crippen molar-refractivity contribution in [2.45, 2.75) is 10.6 Å². The van der Waals surface area contributed by atoms with E-state index in [4.69, 9.17) is 0 Å². The Kier molecular flexibility index (Phi) is 2.23. The standard InChI is InChI=1S/C15H9F2NS/c16-8-2-4-13-11(5-8)12-7-19-14-6-9(17)1-3-10(14)15(12)18-13/h1-6,18H,7H2. The summed E-state index contributed by atoms with van der Waals surface area (Å²) in [4.78, 5) is 4.25. The molecule has 0 saturated heterocycles. The highest BCUT2D eigenvalue weighted by atomic mass is 32.2. The van der Waals surface area contributed by atoms with Crippen LogP contribution in [0.1, 0.15) is 5.56 Å². The molecule has 94 valence electrons. The predicted octanol–water partition coefficient (Wildman–Crippen LogP) is 4.72. The zero-order valence-corrected chi connectivity index (χ0v) is 10.7. The average Bonchev–Trinajstić information content (AvgIpc) is 2.76. The maximum absolute atomic E-state index is 13.4. The van der Waals surface area contributed by atoms with Gasteiger partial charge in [-0.2, -0.15) is 0 Å². The molecule has 4 rings (SSSR count). The van der Waals surface area contributed by atoms with Gasteiger partial charge in [0.15, 0.2) is 0 Å². The SMILES string of the molecule is Fc1ccc2c(c1)SCc1c-2[nH]c2ccc(F)cc12. The normalized spacial score (nSPS) is 13.4. The number of H-pyrrole nitrogens is 1. The predicted molar refractivity (Wildman–Crippen MR) is 73.2 cm³/mol. The molecule has 0 unspecified atom stereocenters. The van der Waals surface area contributed by atoms with E-state index in [9.17, 15) is 8.78 Å². The van der Waals surface area contributed by atoms with Crippen LogP contribution >= 0.6 is 11.8 Å². The van der Waals surface area contributed by atoms with Crippen molar-refractivity contribution in [2.75, 3.05) is 0 Å². The molecule has 1 aliphatic heterocycles. The molecule has 0 atom stereocenters. The van der Waals surface area contributed by atoms with Crippen molar-refractivity contribution in [1.82, 2.24) is 4.98 Å². The molecule has 0 spiro atoms. The van der Waals surface area contributed by atoms with Crippen molar-refractivity contribution < 1.29 is 8.78 Å². The van der Waals surface area contributed by atoms with E-state index in [1.807, 2.05) is 0 Å². The molecular weight excluding hydrogens is 264 g/mol. The third kappa shape index (κ3) is 1.60. The molecule has 0 bridgehead atoms. The van der Waals surface area contributed by atoms with Crippen LogP contribution in [0.4, 0.5) is 8.78 Å². The number of halogens is 2. The summed E-state index contributed by atoms with van der Waals surface area (Å²) in [5, 5.41) is 0.914. The highest BCUT2D eigenvalue weighted by Gasteiger charge is 2.21. The lowest BCUT2D eigenvalue weighted by atomic mass is 10.1. The van der Waals surface area contributed by atoms with E-state index in [0.29, 0.717) is 0 Å². The third-order valence-corrected chi connectivity index (χ3v) is 4.53. The van der Waals surface area contributed by atoms with Gasteiger partial charge in [-0.25, -0.2) is 8.78 Å². The van der Waals surface area contributed by atoms with Crippen LogP contribution in [0, 0.1) is 11.6 Å². The van der Waals surface area contributed by atoms with Crippen molar-refractivity contribution in [1.29, 1.82) is 0 Å². The lowest BCUT2D eigenvalue weighted by Crippen LogP contribution is -1.95. The number of thioether (sulfide) groups is 1. The van der Waals surface area contributed by atoms with Crippen LogP contribution in [0.3, 0.4) is 0 Å². The van der Waals surface area contributed by atoms with Gasteiger partial charge in [0.2, 0.25) is 0 Å². The molecular formula is C15H9F2NS. The first-order valence-electron chi connectivity index (χ1n) is 5.95. The Morgan fingerprint density at radius 1 is 1.00 bits per heavy atom. The molecule has 4 heteroatoms. The van der Waals surface area contributed by atoms with E-state index in [1.165, 1.54) is 12.1 Å². The van der Waals surface area contributed by atoms with E-state index in [2.05, 4.69) is 4.98 Å². The summed E-state index contributed by atoms with van der Waals surface area (Å²) in [5.41, 5.74) is 3.99. The minimum Gasteiger partial charge on any atom is -0.354 e. The zero-order valence-electron chi connectivity index (χ0n) is 9.84. The van der Waals surface area contributed by atoms with Crippen LogP contribution in [0.15, 0.2) is 41.3 Å². The first-order chi connectivity index (χ1) is 9.22. The zero-order chi connectivity index (χ0) is 13.0. The van der Waals surface area contributed by atoms with Gasteiger partial charge in [-0.3, -0.25) is 0 Å². The summed E-state index contributed by atoms with van der Waals surface area (Å²) in [5.74, 6) is 0.274.